The summed E-state index contributed by atoms with van der Waals surface area (Å²) in [4.78, 5) is 10.9. The molecule has 0 radical (unpaired) electrons. The monoisotopic (exact) mass is 327 g/mol. The Morgan fingerprint density at radius 1 is 1.00 bits per heavy atom. The van der Waals surface area contributed by atoms with Crippen LogP contribution in [0, 0.1) is 0 Å². The molecule has 2 rings (SSSR count). The summed E-state index contributed by atoms with van der Waals surface area (Å²) in [7, 11) is 0. The number of carbonyl (C=O) groups is 1. The van der Waals surface area contributed by atoms with E-state index in [0.29, 0.717) is 12.8 Å². The van der Waals surface area contributed by atoms with Crippen LogP contribution in [0.15, 0.2) is 48.5 Å². The fourth-order valence-electron chi connectivity index (χ4n) is 2.68. The third-order valence-corrected chi connectivity index (χ3v) is 4.25. The summed E-state index contributed by atoms with van der Waals surface area (Å²) < 4.78 is 0. The lowest BCUT2D eigenvalue weighted by Gasteiger charge is -2.12. The number of hydrogen-bond acceptors (Lipinski definition) is 3. The summed E-state index contributed by atoms with van der Waals surface area (Å²) in [6.07, 6.45) is 2.75. The van der Waals surface area contributed by atoms with Crippen LogP contribution in [0.5, 0.6) is 0 Å². The Bertz CT molecular complexity index is 635. The Balaban J connectivity index is 1.89. The summed E-state index contributed by atoms with van der Waals surface area (Å²) in [5.41, 5.74) is 6.12. The second-order valence-corrected chi connectivity index (χ2v) is 5.97. The molecule has 4 nitrogen and oxygen atoms in total. The van der Waals surface area contributed by atoms with Crippen molar-refractivity contribution in [2.45, 2.75) is 45.1 Å². The molecule has 0 aliphatic carbocycles. The molecule has 0 saturated carbocycles. The summed E-state index contributed by atoms with van der Waals surface area (Å²) in [5, 5.41) is 18.6. The number of carbonyl (C=O) groups excluding carboxylic acids is 1. The van der Waals surface area contributed by atoms with Gasteiger partial charge in [0.15, 0.2) is 0 Å². The number of nitrogens with one attached hydrogen (secondary N) is 1. The third-order valence-electron chi connectivity index (χ3n) is 4.25. The van der Waals surface area contributed by atoms with E-state index in [1.807, 2.05) is 24.3 Å². The molecule has 0 aromatic heterocycles. The van der Waals surface area contributed by atoms with Gasteiger partial charge in [0.05, 0.1) is 6.10 Å². The van der Waals surface area contributed by atoms with Crippen LogP contribution in [-0.4, -0.2) is 16.2 Å². The highest BCUT2D eigenvalue weighted by atomic mass is 16.5. The molecule has 0 saturated heterocycles. The molecule has 128 valence electrons. The lowest BCUT2D eigenvalue weighted by atomic mass is 9.98. The quantitative estimate of drug-likeness (QED) is 0.390. The molecule has 0 bridgehead atoms. The normalized spacial score (nSPS) is 12.0. The molecule has 24 heavy (non-hydrogen) atoms. The number of rotatable bonds is 8. The standard InChI is InChI=1S/C20H25NO3/c1-2-15-7-9-16(10-8-15)17-11-13-18(14-12-17)19(22)5-3-4-6-20(23)21-24/h7-14,19,22,24H,2-6H2,1H3,(H,21,23)/t19-/m1/s1. The van der Waals surface area contributed by atoms with E-state index < -0.39 is 6.10 Å². The van der Waals surface area contributed by atoms with Crippen molar-refractivity contribution in [2.75, 3.05) is 0 Å². The van der Waals surface area contributed by atoms with Crippen molar-refractivity contribution in [1.29, 1.82) is 0 Å². The van der Waals surface area contributed by atoms with Crippen LogP contribution >= 0.6 is 0 Å². The van der Waals surface area contributed by atoms with Crippen LogP contribution in [-0.2, 0) is 11.2 Å². The van der Waals surface area contributed by atoms with E-state index in [-0.39, 0.29) is 12.3 Å². The van der Waals surface area contributed by atoms with E-state index in [2.05, 4.69) is 31.2 Å². The van der Waals surface area contributed by atoms with Crippen LogP contribution in [0.3, 0.4) is 0 Å². The predicted octanol–water partition coefficient (Wildman–Crippen LogP) is 4.02. The number of unbranched alkanes of at least 4 members (excludes halogenated alkanes) is 1. The first-order valence-electron chi connectivity index (χ1n) is 8.44. The fourth-order valence-corrected chi connectivity index (χ4v) is 2.68. The van der Waals surface area contributed by atoms with Crippen molar-refractivity contribution in [2.24, 2.45) is 0 Å². The minimum Gasteiger partial charge on any atom is -0.388 e. The van der Waals surface area contributed by atoms with Crippen molar-refractivity contribution < 1.29 is 15.1 Å². The highest BCUT2D eigenvalue weighted by Gasteiger charge is 2.08. The average molecular weight is 327 g/mol. The fraction of sp³-hybridized carbons (Fsp3) is 0.350. The van der Waals surface area contributed by atoms with Gasteiger partial charge in [0, 0.05) is 6.42 Å². The SMILES string of the molecule is CCc1ccc(-c2ccc([C@H](O)CCCCC(=O)NO)cc2)cc1. The minimum atomic E-state index is -0.529. The van der Waals surface area contributed by atoms with Crippen LogP contribution in [0.1, 0.15) is 49.8 Å². The van der Waals surface area contributed by atoms with Gasteiger partial charge in [-0.1, -0.05) is 61.9 Å². The molecule has 1 atom stereocenters. The van der Waals surface area contributed by atoms with Gasteiger partial charge < -0.3 is 5.11 Å². The van der Waals surface area contributed by atoms with E-state index in [1.165, 1.54) is 11.1 Å². The maximum absolute atomic E-state index is 10.9. The largest absolute Gasteiger partial charge is 0.388 e. The zero-order chi connectivity index (χ0) is 17.4. The molecule has 0 heterocycles. The molecule has 1 amide bonds. The second kappa shape index (κ2) is 9.21. The van der Waals surface area contributed by atoms with Gasteiger partial charge in [0.1, 0.15) is 0 Å². The first-order valence-corrected chi connectivity index (χ1v) is 8.44. The van der Waals surface area contributed by atoms with Gasteiger partial charge in [-0.2, -0.15) is 0 Å². The maximum Gasteiger partial charge on any atom is 0.243 e. The van der Waals surface area contributed by atoms with Crippen molar-refractivity contribution in [1.82, 2.24) is 5.48 Å². The molecule has 0 aliphatic rings. The van der Waals surface area contributed by atoms with Gasteiger partial charge in [-0.15, -0.1) is 0 Å². The molecule has 0 aliphatic heterocycles. The molecule has 0 fully saturated rings. The Labute approximate surface area is 143 Å². The van der Waals surface area contributed by atoms with Gasteiger partial charge in [-0.3, -0.25) is 10.0 Å². The lowest BCUT2D eigenvalue weighted by molar-refractivity contribution is -0.129. The average Bonchev–Trinajstić information content (AvgIpc) is 2.65. The summed E-state index contributed by atoms with van der Waals surface area (Å²) in [6.45, 7) is 2.14. The maximum atomic E-state index is 10.9. The number of amides is 1. The van der Waals surface area contributed by atoms with Gasteiger partial charge in [0.25, 0.3) is 0 Å². The van der Waals surface area contributed by atoms with Gasteiger partial charge in [-0.25, -0.2) is 5.48 Å². The van der Waals surface area contributed by atoms with E-state index in [0.717, 1.165) is 24.0 Å². The van der Waals surface area contributed by atoms with Gasteiger partial charge in [0.2, 0.25) is 5.91 Å². The molecular weight excluding hydrogens is 302 g/mol. The van der Waals surface area contributed by atoms with Crippen LogP contribution in [0.4, 0.5) is 0 Å². The van der Waals surface area contributed by atoms with Gasteiger partial charge in [-0.05, 0) is 41.5 Å². The number of aliphatic hydroxyl groups excluding tert-OH is 1. The van der Waals surface area contributed by atoms with Crippen molar-refractivity contribution >= 4 is 5.91 Å². The van der Waals surface area contributed by atoms with Gasteiger partial charge >= 0.3 is 0 Å². The zero-order valence-electron chi connectivity index (χ0n) is 14.0. The molecule has 0 unspecified atom stereocenters. The Hall–Kier alpha value is -2.17. The molecule has 4 heteroatoms. The van der Waals surface area contributed by atoms with E-state index in [4.69, 9.17) is 5.21 Å². The predicted molar refractivity (Wildman–Crippen MR) is 94.6 cm³/mol. The highest BCUT2D eigenvalue weighted by molar-refractivity contribution is 5.74. The Morgan fingerprint density at radius 2 is 1.58 bits per heavy atom. The van der Waals surface area contributed by atoms with E-state index >= 15 is 0 Å². The molecule has 2 aromatic carbocycles. The summed E-state index contributed by atoms with van der Waals surface area (Å²) in [6, 6.07) is 16.5. The van der Waals surface area contributed by atoms with E-state index in [9.17, 15) is 9.90 Å². The number of hydrogen-bond donors (Lipinski definition) is 3. The number of benzene rings is 2. The van der Waals surface area contributed by atoms with Crippen LogP contribution in [0.2, 0.25) is 0 Å². The smallest absolute Gasteiger partial charge is 0.243 e. The number of aliphatic hydroxyl groups is 1. The topological polar surface area (TPSA) is 69.6 Å². The Kier molecular flexibility index (Phi) is 6.97. The van der Waals surface area contributed by atoms with Crippen molar-refractivity contribution in [3.63, 3.8) is 0 Å². The van der Waals surface area contributed by atoms with Crippen molar-refractivity contribution in [3.05, 3.63) is 59.7 Å². The number of hydroxylamine groups is 1. The first-order chi connectivity index (χ1) is 11.6. The molecular formula is C20H25NO3. The molecule has 2 aromatic rings. The van der Waals surface area contributed by atoms with Crippen LogP contribution in [0.25, 0.3) is 11.1 Å². The summed E-state index contributed by atoms with van der Waals surface area (Å²) >= 11 is 0. The second-order valence-electron chi connectivity index (χ2n) is 5.97. The lowest BCUT2D eigenvalue weighted by Crippen LogP contribution is -2.17. The number of aryl methyl sites for hydroxylation is 1. The Morgan fingerprint density at radius 3 is 2.12 bits per heavy atom. The minimum absolute atomic E-state index is 0.274. The first kappa shape index (κ1) is 18.2. The summed E-state index contributed by atoms with van der Waals surface area (Å²) in [5.74, 6) is -0.386. The highest BCUT2D eigenvalue weighted by Crippen LogP contribution is 2.25. The van der Waals surface area contributed by atoms with Crippen molar-refractivity contribution in [3.8, 4) is 11.1 Å². The molecule has 0 spiro atoms. The third kappa shape index (κ3) is 5.18. The zero-order valence-corrected chi connectivity index (χ0v) is 14.0. The molecule has 3 N–H and O–H groups in total. The van der Waals surface area contributed by atoms with Crippen LogP contribution < -0.4 is 5.48 Å². The van der Waals surface area contributed by atoms with E-state index in [1.54, 1.807) is 5.48 Å².